The topological polar surface area (TPSA) is 123 Å². The van der Waals surface area contributed by atoms with Crippen molar-refractivity contribution >= 4 is 17.0 Å². The number of benzene rings is 2. The van der Waals surface area contributed by atoms with E-state index in [4.69, 9.17) is 14.9 Å². The maximum Gasteiger partial charge on any atom is 2.00 e. The second-order valence-electron chi connectivity index (χ2n) is 11.6. The first kappa shape index (κ1) is 47.9. The number of amides is 1. The molecular formula is C38H58N2O6STi. The maximum atomic E-state index is 12.9. The van der Waals surface area contributed by atoms with Gasteiger partial charge in [-0.15, -0.1) is 11.1 Å². The van der Waals surface area contributed by atoms with Crippen molar-refractivity contribution in [2.75, 3.05) is 19.7 Å². The Labute approximate surface area is 307 Å². The van der Waals surface area contributed by atoms with Gasteiger partial charge in [-0.1, -0.05) is 86.8 Å². The van der Waals surface area contributed by atoms with E-state index in [0.29, 0.717) is 36.9 Å². The molecule has 1 aromatic heterocycles. The van der Waals surface area contributed by atoms with E-state index in [1.165, 1.54) is 24.8 Å². The van der Waals surface area contributed by atoms with Crippen LogP contribution in [0, 0.1) is 13.1 Å². The van der Waals surface area contributed by atoms with Crippen molar-refractivity contribution < 1.29 is 50.2 Å². The number of nitrogens with zero attached hydrogens (tertiary/aromatic N) is 2. The Kier molecular flexibility index (Phi) is 29.6. The van der Waals surface area contributed by atoms with Crippen LogP contribution in [0.1, 0.15) is 107 Å². The molecule has 0 spiro atoms. The Morgan fingerprint density at radius 2 is 1.48 bits per heavy atom. The Morgan fingerprint density at radius 3 is 1.98 bits per heavy atom. The third-order valence-corrected chi connectivity index (χ3v) is 7.01. The van der Waals surface area contributed by atoms with Gasteiger partial charge < -0.3 is 29.4 Å². The number of aliphatic hydroxyl groups is 2. The van der Waals surface area contributed by atoms with Gasteiger partial charge in [0.05, 0.1) is 6.61 Å². The molecule has 8 nitrogen and oxygen atoms in total. The fourth-order valence-electron chi connectivity index (χ4n) is 4.01. The fraction of sp³-hybridized carbons (Fsp3) is 0.526. The molecule has 0 radical (unpaired) electrons. The molecule has 266 valence electrons. The summed E-state index contributed by atoms with van der Waals surface area (Å²) in [4.78, 5) is 19.5. The number of ether oxygens (including phenoxy) is 1. The maximum absolute atomic E-state index is 12.9. The van der Waals surface area contributed by atoms with Crippen molar-refractivity contribution in [3.63, 3.8) is 0 Å². The summed E-state index contributed by atoms with van der Waals surface area (Å²) in [6, 6.07) is 19.0. The van der Waals surface area contributed by atoms with Gasteiger partial charge in [-0.2, -0.15) is 6.07 Å². The predicted molar refractivity (Wildman–Crippen MR) is 191 cm³/mol. The van der Waals surface area contributed by atoms with E-state index in [2.05, 4.69) is 36.3 Å². The SMILES string of the molecule is CC(C)O.CC(C)O.CCCCCCc1cc(CCOCc2ccccc2)[c-]nc1C(=O)N(CC)CC.Cc1ccc(S(=O)[O-])cc1.[Ti+2]. The number of hydrogen-bond donors (Lipinski definition) is 2. The van der Waals surface area contributed by atoms with Gasteiger partial charge in [0.1, 0.15) is 0 Å². The number of hydrogen-bond acceptors (Lipinski definition) is 7. The van der Waals surface area contributed by atoms with Crippen LogP contribution >= 0.6 is 0 Å². The largest absolute Gasteiger partial charge is 2.00 e. The second kappa shape index (κ2) is 29.7. The van der Waals surface area contributed by atoms with Gasteiger partial charge in [0.15, 0.2) is 0 Å². The smallest absolute Gasteiger partial charge is 0.768 e. The first-order chi connectivity index (χ1) is 22.4. The molecule has 0 aliphatic heterocycles. The minimum Gasteiger partial charge on any atom is -0.768 e. The van der Waals surface area contributed by atoms with Gasteiger partial charge in [0, 0.05) is 42.5 Å². The summed E-state index contributed by atoms with van der Waals surface area (Å²) < 4.78 is 26.4. The molecule has 0 bridgehead atoms. The molecule has 0 aliphatic rings. The van der Waals surface area contributed by atoms with E-state index in [0.717, 1.165) is 36.0 Å². The van der Waals surface area contributed by atoms with Gasteiger partial charge in [0.2, 0.25) is 5.91 Å². The monoisotopic (exact) mass is 718 g/mol. The number of aliphatic hydroxyl groups excluding tert-OH is 2. The van der Waals surface area contributed by atoms with Crippen LogP contribution in [0.2, 0.25) is 0 Å². The zero-order chi connectivity index (χ0) is 35.6. The van der Waals surface area contributed by atoms with Crippen molar-refractivity contribution in [3.8, 4) is 0 Å². The molecule has 1 atom stereocenters. The summed E-state index contributed by atoms with van der Waals surface area (Å²) >= 11 is -2.09. The van der Waals surface area contributed by atoms with Crippen LogP contribution in [-0.2, 0) is 57.0 Å². The Morgan fingerprint density at radius 1 is 0.917 bits per heavy atom. The van der Waals surface area contributed by atoms with E-state index in [9.17, 15) is 13.6 Å². The first-order valence-corrected chi connectivity index (χ1v) is 17.8. The van der Waals surface area contributed by atoms with E-state index in [1.54, 1.807) is 52.0 Å². The number of carbonyl (C=O) groups excluding carboxylic acids is 1. The summed E-state index contributed by atoms with van der Waals surface area (Å²) in [6.45, 7) is 17.6. The standard InChI is InChI=1S/C25H35N2O2.C7H8O2S.2C3H8O.Ti/c1-4-7-8-12-15-23-18-22(16-17-29-20-21-13-10-9-11-14-21)19-26-24(23)25(28)27(5-2)6-3;1-6-2-4-7(5-3-6)10(8)9;2*1-3(2)4;/h9-11,13-14,18H,4-8,12,15-17,20H2,1-3H3;2-5H,1H3,(H,8,9);2*3-4H,1-2H3;/q-1;;;;+2/p-1. The van der Waals surface area contributed by atoms with Gasteiger partial charge >= 0.3 is 21.7 Å². The first-order valence-electron chi connectivity index (χ1n) is 16.7. The average Bonchev–Trinajstić information content (AvgIpc) is 3.02. The van der Waals surface area contributed by atoms with Crippen molar-refractivity contribution in [1.29, 1.82) is 0 Å². The third kappa shape index (κ3) is 24.0. The molecule has 0 fully saturated rings. The molecule has 3 aromatic rings. The molecule has 2 aromatic carbocycles. The summed E-state index contributed by atoms with van der Waals surface area (Å²) in [7, 11) is 0. The molecule has 2 N–H and O–H groups in total. The van der Waals surface area contributed by atoms with Crippen molar-refractivity contribution in [3.05, 3.63) is 94.8 Å². The van der Waals surface area contributed by atoms with Crippen molar-refractivity contribution in [2.45, 2.75) is 118 Å². The van der Waals surface area contributed by atoms with Crippen LogP contribution in [0.3, 0.4) is 0 Å². The zero-order valence-corrected chi connectivity index (χ0v) is 32.7. The van der Waals surface area contributed by atoms with Gasteiger partial charge in [-0.05, 0) is 90.1 Å². The quantitative estimate of drug-likeness (QED) is 0.0779. The van der Waals surface area contributed by atoms with E-state index in [-0.39, 0.29) is 39.8 Å². The number of unbranched alkanes of at least 4 members (excludes halogenated alkanes) is 3. The minimum absolute atomic E-state index is 0. The van der Waals surface area contributed by atoms with E-state index in [1.807, 2.05) is 43.9 Å². The van der Waals surface area contributed by atoms with E-state index >= 15 is 0 Å². The van der Waals surface area contributed by atoms with Gasteiger partial charge in [-0.3, -0.25) is 9.00 Å². The molecular weight excluding hydrogens is 660 g/mol. The number of carbonyl (C=O) groups is 1. The molecule has 1 heterocycles. The minimum atomic E-state index is -2.09. The number of aromatic nitrogens is 1. The fourth-order valence-corrected chi connectivity index (χ4v) is 4.37. The molecule has 0 saturated carbocycles. The van der Waals surface area contributed by atoms with Crippen LogP contribution in [0.5, 0.6) is 0 Å². The Balaban J connectivity index is 0. The Hall–Kier alpha value is -2.24. The number of aryl methyl sites for hydroxylation is 2. The predicted octanol–water partition coefficient (Wildman–Crippen LogP) is 7.25. The molecule has 3 rings (SSSR count). The van der Waals surface area contributed by atoms with E-state index < -0.39 is 11.1 Å². The second-order valence-corrected chi connectivity index (χ2v) is 12.5. The third-order valence-electron chi connectivity index (χ3n) is 6.36. The van der Waals surface area contributed by atoms with Gasteiger partial charge in [-0.25, -0.2) is 0 Å². The zero-order valence-electron chi connectivity index (χ0n) is 30.3. The number of rotatable bonds is 14. The van der Waals surface area contributed by atoms with Crippen LogP contribution in [0.4, 0.5) is 0 Å². The van der Waals surface area contributed by atoms with Crippen LogP contribution < -0.4 is 0 Å². The molecule has 1 amide bonds. The summed E-state index contributed by atoms with van der Waals surface area (Å²) in [5, 5.41) is 16.1. The van der Waals surface area contributed by atoms with Crippen molar-refractivity contribution in [1.82, 2.24) is 9.88 Å². The van der Waals surface area contributed by atoms with Crippen molar-refractivity contribution in [2.24, 2.45) is 0 Å². The number of pyridine rings is 1. The van der Waals surface area contributed by atoms with Crippen LogP contribution in [-0.4, -0.2) is 66.7 Å². The molecule has 0 saturated heterocycles. The molecule has 1 unspecified atom stereocenters. The summed E-state index contributed by atoms with van der Waals surface area (Å²) in [5.41, 5.74) is 4.87. The van der Waals surface area contributed by atoms with Gasteiger partial charge in [0.25, 0.3) is 0 Å². The Bertz CT molecular complexity index is 1230. The average molecular weight is 719 g/mol. The van der Waals surface area contributed by atoms with Crippen LogP contribution in [0.25, 0.3) is 0 Å². The summed E-state index contributed by atoms with van der Waals surface area (Å²) in [5.74, 6) is 0.0172. The normalized spacial score (nSPS) is 10.8. The summed E-state index contributed by atoms with van der Waals surface area (Å²) in [6.07, 6.45) is 9.09. The molecule has 48 heavy (non-hydrogen) atoms. The molecule has 0 aliphatic carbocycles. The molecule has 10 heteroatoms. The van der Waals surface area contributed by atoms with Crippen LogP contribution in [0.15, 0.2) is 65.6 Å².